The predicted molar refractivity (Wildman–Crippen MR) is 48.7 cm³/mol. The summed E-state index contributed by atoms with van der Waals surface area (Å²) in [7, 11) is 0. The molecule has 0 aromatic heterocycles. The fourth-order valence-electron chi connectivity index (χ4n) is 1.42. The maximum atomic E-state index is 11.2. The van der Waals surface area contributed by atoms with Gasteiger partial charge in [-0.2, -0.15) is 0 Å². The first-order valence-electron chi connectivity index (χ1n) is 4.39. The summed E-state index contributed by atoms with van der Waals surface area (Å²) in [6.07, 6.45) is 1.56. The van der Waals surface area contributed by atoms with Gasteiger partial charge < -0.3 is 9.84 Å². The van der Waals surface area contributed by atoms with E-state index in [0.717, 1.165) is 0 Å². The Balaban J connectivity index is 2.57. The van der Waals surface area contributed by atoms with Crippen molar-refractivity contribution in [2.75, 3.05) is 13.2 Å². The molecule has 5 nitrogen and oxygen atoms in total. The Labute approximate surface area is 82.0 Å². The molecular weight excluding hydrogens is 186 g/mol. The summed E-state index contributed by atoms with van der Waals surface area (Å²) in [5.74, 6) is -1.47. The summed E-state index contributed by atoms with van der Waals surface area (Å²) in [6, 6.07) is -1.38. The molecule has 14 heavy (non-hydrogen) atoms. The zero-order valence-electron chi connectivity index (χ0n) is 7.97. The second-order valence-electron chi connectivity index (χ2n) is 2.97. The Kier molecular flexibility index (Phi) is 3.24. The van der Waals surface area contributed by atoms with Crippen molar-refractivity contribution in [3.63, 3.8) is 0 Å². The lowest BCUT2D eigenvalue weighted by molar-refractivity contribution is -0.145. The minimum Gasteiger partial charge on any atom is -0.480 e. The number of esters is 1. The van der Waals surface area contributed by atoms with Gasteiger partial charge in [0.15, 0.2) is 0 Å². The van der Waals surface area contributed by atoms with E-state index in [2.05, 4.69) is 6.58 Å². The summed E-state index contributed by atoms with van der Waals surface area (Å²) in [5.41, 5.74) is 0. The van der Waals surface area contributed by atoms with Crippen LogP contribution in [0.25, 0.3) is 0 Å². The van der Waals surface area contributed by atoms with Crippen molar-refractivity contribution < 1.29 is 19.4 Å². The highest BCUT2D eigenvalue weighted by atomic mass is 16.5. The first-order valence-corrected chi connectivity index (χ1v) is 4.39. The summed E-state index contributed by atoms with van der Waals surface area (Å²) in [4.78, 5) is 23.4. The van der Waals surface area contributed by atoms with E-state index in [0.29, 0.717) is 6.54 Å². The monoisotopic (exact) mass is 199 g/mol. The normalized spacial score (nSPS) is 29.4. The Hall–Kier alpha value is -1.36. The fourth-order valence-corrected chi connectivity index (χ4v) is 1.42. The molecule has 0 spiro atoms. The van der Waals surface area contributed by atoms with E-state index in [4.69, 9.17) is 9.84 Å². The van der Waals surface area contributed by atoms with Crippen LogP contribution in [-0.4, -0.2) is 47.2 Å². The zero-order chi connectivity index (χ0) is 10.7. The van der Waals surface area contributed by atoms with Gasteiger partial charge in [-0.15, -0.1) is 6.58 Å². The molecule has 1 rings (SSSR count). The number of carboxylic acid groups (broad SMARTS) is 1. The van der Waals surface area contributed by atoms with E-state index in [9.17, 15) is 9.59 Å². The molecule has 78 valence electrons. The molecule has 1 aliphatic heterocycles. The lowest BCUT2D eigenvalue weighted by Crippen LogP contribution is -2.18. The molecule has 5 heteroatoms. The van der Waals surface area contributed by atoms with Crippen LogP contribution in [0.1, 0.15) is 6.92 Å². The van der Waals surface area contributed by atoms with Crippen LogP contribution in [0.5, 0.6) is 0 Å². The van der Waals surface area contributed by atoms with Gasteiger partial charge in [0.25, 0.3) is 0 Å². The number of carbonyl (C=O) groups excluding carboxylic acids is 1. The number of rotatable bonds is 5. The Bertz CT molecular complexity index is 264. The van der Waals surface area contributed by atoms with Gasteiger partial charge in [0.05, 0.1) is 6.61 Å². The maximum absolute atomic E-state index is 11.2. The van der Waals surface area contributed by atoms with E-state index < -0.39 is 24.0 Å². The SMILES string of the molecule is C=CCN1[C@H](C(=O)O)[C@H]1C(=O)OCC. The second kappa shape index (κ2) is 4.23. The first-order chi connectivity index (χ1) is 6.63. The topological polar surface area (TPSA) is 66.6 Å². The smallest absolute Gasteiger partial charge is 0.325 e. The zero-order valence-corrected chi connectivity index (χ0v) is 7.97. The van der Waals surface area contributed by atoms with Crippen LogP contribution in [0, 0.1) is 0 Å². The molecule has 1 N–H and O–H groups in total. The van der Waals surface area contributed by atoms with E-state index in [1.165, 1.54) is 4.90 Å². The number of ether oxygens (including phenoxy) is 1. The molecule has 1 heterocycles. The van der Waals surface area contributed by atoms with Crippen molar-refractivity contribution in [2.24, 2.45) is 0 Å². The van der Waals surface area contributed by atoms with Crippen LogP contribution < -0.4 is 0 Å². The number of hydrogen-bond acceptors (Lipinski definition) is 4. The van der Waals surface area contributed by atoms with Crippen molar-refractivity contribution in [1.29, 1.82) is 0 Å². The Morgan fingerprint density at radius 2 is 2.21 bits per heavy atom. The molecule has 0 saturated carbocycles. The fraction of sp³-hybridized carbons (Fsp3) is 0.556. The molecule has 0 aromatic rings. The number of aliphatic carboxylic acids is 1. The van der Waals surface area contributed by atoms with Crippen LogP contribution in [0.2, 0.25) is 0 Å². The van der Waals surface area contributed by atoms with Crippen LogP contribution in [0.3, 0.4) is 0 Å². The molecule has 1 saturated heterocycles. The molecule has 0 aliphatic carbocycles. The number of hydrogen-bond donors (Lipinski definition) is 1. The molecule has 1 aliphatic rings. The van der Waals surface area contributed by atoms with Crippen molar-refractivity contribution in [1.82, 2.24) is 4.90 Å². The van der Waals surface area contributed by atoms with Gasteiger partial charge in [0.1, 0.15) is 12.1 Å². The Morgan fingerprint density at radius 1 is 1.57 bits per heavy atom. The molecule has 0 amide bonds. The predicted octanol–water partition coefficient (Wildman–Crippen LogP) is -0.127. The van der Waals surface area contributed by atoms with Crippen molar-refractivity contribution in [3.05, 3.63) is 12.7 Å². The molecule has 3 atom stereocenters. The largest absolute Gasteiger partial charge is 0.480 e. The molecule has 0 bridgehead atoms. The molecule has 0 aromatic carbocycles. The summed E-state index contributed by atoms with van der Waals surface area (Å²) >= 11 is 0. The van der Waals surface area contributed by atoms with Gasteiger partial charge in [0.2, 0.25) is 0 Å². The summed E-state index contributed by atoms with van der Waals surface area (Å²) < 4.78 is 4.74. The second-order valence-corrected chi connectivity index (χ2v) is 2.97. The quantitative estimate of drug-likeness (QED) is 0.379. The van der Waals surface area contributed by atoms with E-state index >= 15 is 0 Å². The number of carboxylic acids is 1. The average molecular weight is 199 g/mol. The van der Waals surface area contributed by atoms with Gasteiger partial charge in [-0.3, -0.25) is 14.5 Å². The molecule has 1 fully saturated rings. The van der Waals surface area contributed by atoms with E-state index in [1.807, 2.05) is 0 Å². The lowest BCUT2D eigenvalue weighted by atomic mass is 10.3. The van der Waals surface area contributed by atoms with E-state index in [-0.39, 0.29) is 6.61 Å². The molecule has 1 unspecified atom stereocenters. The highest BCUT2D eigenvalue weighted by molar-refractivity contribution is 5.92. The standard InChI is InChI=1S/C9H13NO4/c1-3-5-10-6(8(11)12)7(10)9(13)14-4-2/h3,6-7H,1,4-5H2,2H3,(H,11,12)/t6-,7-,10?/m0/s1. The summed E-state index contributed by atoms with van der Waals surface area (Å²) in [5, 5.41) is 8.75. The lowest BCUT2D eigenvalue weighted by Gasteiger charge is -1.99. The van der Waals surface area contributed by atoms with Crippen LogP contribution in [0.4, 0.5) is 0 Å². The van der Waals surface area contributed by atoms with Gasteiger partial charge in [-0.25, -0.2) is 0 Å². The number of carbonyl (C=O) groups is 2. The van der Waals surface area contributed by atoms with Crippen molar-refractivity contribution in [3.8, 4) is 0 Å². The third-order valence-electron chi connectivity index (χ3n) is 2.04. The highest BCUT2D eigenvalue weighted by Crippen LogP contribution is 2.29. The minimum atomic E-state index is -0.995. The van der Waals surface area contributed by atoms with Crippen LogP contribution >= 0.6 is 0 Å². The molecular formula is C9H13NO4. The van der Waals surface area contributed by atoms with Crippen molar-refractivity contribution in [2.45, 2.75) is 19.0 Å². The van der Waals surface area contributed by atoms with E-state index in [1.54, 1.807) is 13.0 Å². The van der Waals surface area contributed by atoms with Gasteiger partial charge >= 0.3 is 11.9 Å². The van der Waals surface area contributed by atoms with Crippen LogP contribution in [0.15, 0.2) is 12.7 Å². The maximum Gasteiger partial charge on any atom is 0.325 e. The number of nitrogens with zero attached hydrogens (tertiary/aromatic N) is 1. The van der Waals surface area contributed by atoms with Gasteiger partial charge in [0, 0.05) is 6.54 Å². The highest BCUT2D eigenvalue weighted by Gasteiger charge is 2.57. The summed E-state index contributed by atoms with van der Waals surface area (Å²) in [6.45, 7) is 5.83. The third-order valence-corrected chi connectivity index (χ3v) is 2.04. The van der Waals surface area contributed by atoms with Gasteiger partial charge in [-0.1, -0.05) is 6.08 Å². The average Bonchev–Trinajstić information content (AvgIpc) is 2.80. The Morgan fingerprint density at radius 3 is 2.64 bits per heavy atom. The van der Waals surface area contributed by atoms with Crippen molar-refractivity contribution >= 4 is 11.9 Å². The first kappa shape index (κ1) is 10.7. The third kappa shape index (κ3) is 1.93. The van der Waals surface area contributed by atoms with Gasteiger partial charge in [-0.05, 0) is 6.92 Å². The minimum absolute atomic E-state index is 0.267. The van der Waals surface area contributed by atoms with Crippen LogP contribution in [-0.2, 0) is 14.3 Å². The molecule has 0 radical (unpaired) electrons.